The SMILES string of the molecule is COCCCCOC1C=CC=CC1. The van der Waals surface area contributed by atoms with E-state index in [4.69, 9.17) is 9.47 Å². The van der Waals surface area contributed by atoms with E-state index in [1.165, 1.54) is 0 Å². The molecule has 0 aromatic carbocycles. The molecule has 2 nitrogen and oxygen atoms in total. The van der Waals surface area contributed by atoms with Crippen molar-refractivity contribution in [1.29, 1.82) is 0 Å². The second-order valence-electron chi connectivity index (χ2n) is 3.16. The van der Waals surface area contributed by atoms with Gasteiger partial charge in [0.15, 0.2) is 0 Å². The lowest BCUT2D eigenvalue weighted by Crippen LogP contribution is -2.11. The van der Waals surface area contributed by atoms with Crippen molar-refractivity contribution in [3.8, 4) is 0 Å². The first-order valence-corrected chi connectivity index (χ1v) is 4.87. The maximum atomic E-state index is 5.64. The highest BCUT2D eigenvalue weighted by Gasteiger charge is 2.03. The third-order valence-electron chi connectivity index (χ3n) is 2.02. The molecule has 0 saturated carbocycles. The van der Waals surface area contributed by atoms with Crippen molar-refractivity contribution in [3.05, 3.63) is 24.3 Å². The first-order valence-electron chi connectivity index (χ1n) is 4.87. The van der Waals surface area contributed by atoms with Crippen LogP contribution >= 0.6 is 0 Å². The minimum Gasteiger partial charge on any atom is -0.385 e. The highest BCUT2D eigenvalue weighted by molar-refractivity contribution is 5.11. The molecule has 0 aliphatic heterocycles. The molecule has 0 amide bonds. The van der Waals surface area contributed by atoms with E-state index in [1.807, 2.05) is 6.08 Å². The Labute approximate surface area is 80.2 Å². The molecule has 13 heavy (non-hydrogen) atoms. The smallest absolute Gasteiger partial charge is 0.0793 e. The molecule has 0 bridgehead atoms. The van der Waals surface area contributed by atoms with Gasteiger partial charge < -0.3 is 9.47 Å². The lowest BCUT2D eigenvalue weighted by atomic mass is 10.1. The molecule has 74 valence electrons. The summed E-state index contributed by atoms with van der Waals surface area (Å²) < 4.78 is 10.6. The van der Waals surface area contributed by atoms with Gasteiger partial charge in [0.25, 0.3) is 0 Å². The summed E-state index contributed by atoms with van der Waals surface area (Å²) in [5.41, 5.74) is 0. The van der Waals surface area contributed by atoms with Crippen LogP contribution in [0, 0.1) is 0 Å². The van der Waals surface area contributed by atoms with E-state index in [0.717, 1.165) is 32.5 Å². The molecule has 0 aromatic heterocycles. The van der Waals surface area contributed by atoms with E-state index >= 15 is 0 Å². The summed E-state index contributed by atoms with van der Waals surface area (Å²) in [5.74, 6) is 0. The zero-order valence-electron chi connectivity index (χ0n) is 8.24. The average Bonchev–Trinajstić information content (AvgIpc) is 2.19. The van der Waals surface area contributed by atoms with E-state index in [-0.39, 0.29) is 0 Å². The normalized spacial score (nSPS) is 20.8. The lowest BCUT2D eigenvalue weighted by molar-refractivity contribution is 0.0779. The zero-order chi connectivity index (χ0) is 9.36. The summed E-state index contributed by atoms with van der Waals surface area (Å²) >= 11 is 0. The standard InChI is InChI=1S/C11H18O2/c1-12-9-5-6-10-13-11-7-3-2-4-8-11/h2-4,7,11H,5-6,8-10H2,1H3. The highest BCUT2D eigenvalue weighted by Crippen LogP contribution is 2.07. The predicted octanol–water partition coefficient (Wildman–Crippen LogP) is 2.31. The number of methoxy groups -OCH3 is 1. The summed E-state index contributed by atoms with van der Waals surface area (Å²) in [7, 11) is 1.73. The van der Waals surface area contributed by atoms with Gasteiger partial charge in [-0.05, 0) is 19.3 Å². The minimum absolute atomic E-state index is 0.299. The number of ether oxygens (including phenoxy) is 2. The summed E-state index contributed by atoms with van der Waals surface area (Å²) in [6.45, 7) is 1.68. The van der Waals surface area contributed by atoms with Crippen molar-refractivity contribution in [3.63, 3.8) is 0 Å². The Morgan fingerprint density at radius 2 is 2.08 bits per heavy atom. The number of unbranched alkanes of at least 4 members (excludes halogenated alkanes) is 1. The van der Waals surface area contributed by atoms with Gasteiger partial charge in [-0.25, -0.2) is 0 Å². The molecule has 0 spiro atoms. The van der Waals surface area contributed by atoms with E-state index in [1.54, 1.807) is 7.11 Å². The van der Waals surface area contributed by atoms with Crippen molar-refractivity contribution in [2.24, 2.45) is 0 Å². The number of hydrogen-bond acceptors (Lipinski definition) is 2. The molecule has 0 N–H and O–H groups in total. The molecule has 1 rings (SSSR count). The van der Waals surface area contributed by atoms with Crippen molar-refractivity contribution >= 4 is 0 Å². The lowest BCUT2D eigenvalue weighted by Gasteiger charge is -2.13. The molecule has 0 radical (unpaired) electrons. The fourth-order valence-electron chi connectivity index (χ4n) is 1.26. The monoisotopic (exact) mass is 182 g/mol. The Balaban J connectivity index is 1.93. The van der Waals surface area contributed by atoms with Gasteiger partial charge in [0.2, 0.25) is 0 Å². The second-order valence-corrected chi connectivity index (χ2v) is 3.16. The van der Waals surface area contributed by atoms with Crippen molar-refractivity contribution in [1.82, 2.24) is 0 Å². The predicted molar refractivity (Wildman–Crippen MR) is 53.7 cm³/mol. The van der Waals surface area contributed by atoms with Gasteiger partial charge in [-0.1, -0.05) is 24.3 Å². The van der Waals surface area contributed by atoms with Gasteiger partial charge in [-0.2, -0.15) is 0 Å². The van der Waals surface area contributed by atoms with Gasteiger partial charge >= 0.3 is 0 Å². The van der Waals surface area contributed by atoms with Crippen LogP contribution in [0.1, 0.15) is 19.3 Å². The first kappa shape index (κ1) is 10.5. The molecule has 0 saturated heterocycles. The van der Waals surface area contributed by atoms with Crippen LogP contribution in [0.2, 0.25) is 0 Å². The van der Waals surface area contributed by atoms with E-state index < -0.39 is 0 Å². The molecule has 0 aromatic rings. The van der Waals surface area contributed by atoms with E-state index in [2.05, 4.69) is 18.2 Å². The molecular weight excluding hydrogens is 164 g/mol. The van der Waals surface area contributed by atoms with Gasteiger partial charge in [0.1, 0.15) is 0 Å². The number of allylic oxidation sites excluding steroid dienone is 2. The molecule has 0 fully saturated rings. The third kappa shape index (κ3) is 4.86. The summed E-state index contributed by atoms with van der Waals surface area (Å²) in [4.78, 5) is 0. The fourth-order valence-corrected chi connectivity index (χ4v) is 1.26. The van der Waals surface area contributed by atoms with Gasteiger partial charge in [-0.3, -0.25) is 0 Å². The van der Waals surface area contributed by atoms with Crippen LogP contribution in [0.15, 0.2) is 24.3 Å². The molecule has 1 atom stereocenters. The Morgan fingerprint density at radius 1 is 1.23 bits per heavy atom. The van der Waals surface area contributed by atoms with Crippen molar-refractivity contribution in [2.75, 3.05) is 20.3 Å². The summed E-state index contributed by atoms with van der Waals surface area (Å²) in [5, 5.41) is 0. The fraction of sp³-hybridized carbons (Fsp3) is 0.636. The maximum absolute atomic E-state index is 5.64. The quantitative estimate of drug-likeness (QED) is 0.587. The van der Waals surface area contributed by atoms with Crippen LogP contribution in [0.5, 0.6) is 0 Å². The Bertz CT molecular complexity index is 173. The number of rotatable bonds is 6. The Hall–Kier alpha value is -0.600. The molecule has 1 aliphatic carbocycles. The first-order chi connectivity index (χ1) is 6.43. The minimum atomic E-state index is 0.299. The summed E-state index contributed by atoms with van der Waals surface area (Å²) in [6.07, 6.45) is 11.8. The average molecular weight is 182 g/mol. The van der Waals surface area contributed by atoms with Gasteiger partial charge in [0, 0.05) is 20.3 Å². The third-order valence-corrected chi connectivity index (χ3v) is 2.02. The molecule has 1 unspecified atom stereocenters. The molecule has 2 heteroatoms. The molecule has 0 heterocycles. The van der Waals surface area contributed by atoms with Gasteiger partial charge in [-0.15, -0.1) is 0 Å². The van der Waals surface area contributed by atoms with Crippen LogP contribution in [0.25, 0.3) is 0 Å². The number of hydrogen-bond donors (Lipinski definition) is 0. The van der Waals surface area contributed by atoms with Crippen molar-refractivity contribution in [2.45, 2.75) is 25.4 Å². The van der Waals surface area contributed by atoms with E-state index in [9.17, 15) is 0 Å². The summed E-state index contributed by atoms with van der Waals surface area (Å²) in [6, 6.07) is 0. The Morgan fingerprint density at radius 3 is 2.77 bits per heavy atom. The second kappa shape index (κ2) is 6.87. The molecular formula is C11H18O2. The Kier molecular flexibility index (Phi) is 5.54. The topological polar surface area (TPSA) is 18.5 Å². The van der Waals surface area contributed by atoms with Gasteiger partial charge in [0.05, 0.1) is 6.10 Å². The van der Waals surface area contributed by atoms with Crippen molar-refractivity contribution < 1.29 is 9.47 Å². The van der Waals surface area contributed by atoms with E-state index in [0.29, 0.717) is 6.10 Å². The van der Waals surface area contributed by atoms with Crippen LogP contribution in [0.3, 0.4) is 0 Å². The van der Waals surface area contributed by atoms with Crippen LogP contribution in [-0.4, -0.2) is 26.4 Å². The van der Waals surface area contributed by atoms with Crippen LogP contribution in [0.4, 0.5) is 0 Å². The van der Waals surface area contributed by atoms with Crippen LogP contribution < -0.4 is 0 Å². The maximum Gasteiger partial charge on any atom is 0.0793 e. The zero-order valence-corrected chi connectivity index (χ0v) is 8.24. The molecule has 1 aliphatic rings. The largest absolute Gasteiger partial charge is 0.385 e. The van der Waals surface area contributed by atoms with Crippen LogP contribution in [-0.2, 0) is 9.47 Å². The highest BCUT2D eigenvalue weighted by atomic mass is 16.5.